The molecule has 0 fully saturated rings. The van der Waals surface area contributed by atoms with Crippen molar-refractivity contribution in [2.45, 2.75) is 32.8 Å². The van der Waals surface area contributed by atoms with Crippen molar-refractivity contribution in [3.63, 3.8) is 0 Å². The highest BCUT2D eigenvalue weighted by Gasteiger charge is 2.18. The second-order valence-corrected chi connectivity index (χ2v) is 4.05. The monoisotopic (exact) mass is 219 g/mol. The molecule has 1 rings (SSSR count). The van der Waals surface area contributed by atoms with Crippen molar-refractivity contribution in [2.75, 3.05) is 7.11 Å². The fourth-order valence-corrected chi connectivity index (χ4v) is 1.40. The second kappa shape index (κ2) is 4.89. The van der Waals surface area contributed by atoms with Crippen LogP contribution in [0.1, 0.15) is 26.3 Å². The number of aryl methyl sites for hydroxylation is 1. The zero-order valence-corrected chi connectivity index (χ0v) is 10.2. The first-order valence-electron chi connectivity index (χ1n) is 5.29. The van der Waals surface area contributed by atoms with Gasteiger partial charge in [-0.05, 0) is 31.9 Å². The minimum atomic E-state index is -0.821. The Morgan fingerprint density at radius 3 is 2.56 bits per heavy atom. The third kappa shape index (κ3) is 2.90. The lowest BCUT2D eigenvalue weighted by Gasteiger charge is -2.19. The van der Waals surface area contributed by atoms with Crippen molar-refractivity contribution in [1.82, 2.24) is 0 Å². The first-order chi connectivity index (χ1) is 7.52. The predicted octanol–water partition coefficient (Wildman–Crippen LogP) is 2.94. The molecule has 3 nitrogen and oxygen atoms in total. The van der Waals surface area contributed by atoms with Crippen LogP contribution in [0, 0.1) is 11.3 Å². The Bertz CT molecular complexity index is 405. The second-order valence-electron chi connectivity index (χ2n) is 4.05. The summed E-state index contributed by atoms with van der Waals surface area (Å²) in [6.07, 6.45) is 0.908. The van der Waals surface area contributed by atoms with E-state index in [1.165, 1.54) is 0 Å². The van der Waals surface area contributed by atoms with Crippen molar-refractivity contribution < 1.29 is 9.47 Å². The molecule has 0 unspecified atom stereocenters. The zero-order valence-electron chi connectivity index (χ0n) is 10.2. The number of rotatable bonds is 4. The number of hydrogen-bond acceptors (Lipinski definition) is 3. The maximum absolute atomic E-state index is 8.88. The van der Waals surface area contributed by atoms with E-state index >= 15 is 0 Å². The fourth-order valence-electron chi connectivity index (χ4n) is 1.40. The number of methoxy groups -OCH3 is 1. The zero-order chi connectivity index (χ0) is 12.2. The number of benzene rings is 1. The molecule has 0 bridgehead atoms. The highest BCUT2D eigenvalue weighted by molar-refractivity contribution is 5.41. The lowest BCUT2D eigenvalue weighted by molar-refractivity contribution is 0.169. The molecule has 1 aromatic rings. The number of hydrogen-bond donors (Lipinski definition) is 0. The molecule has 0 aliphatic rings. The summed E-state index contributed by atoms with van der Waals surface area (Å²) >= 11 is 0. The Morgan fingerprint density at radius 1 is 1.38 bits per heavy atom. The maximum atomic E-state index is 8.88. The molecule has 16 heavy (non-hydrogen) atoms. The van der Waals surface area contributed by atoms with Crippen molar-refractivity contribution in [3.8, 4) is 17.6 Å². The molecule has 0 radical (unpaired) electrons. The van der Waals surface area contributed by atoms with E-state index in [9.17, 15) is 0 Å². The van der Waals surface area contributed by atoms with Gasteiger partial charge in [0.2, 0.25) is 0 Å². The summed E-state index contributed by atoms with van der Waals surface area (Å²) in [7, 11) is 1.63. The van der Waals surface area contributed by atoms with E-state index in [4.69, 9.17) is 14.7 Å². The molecule has 3 heteroatoms. The van der Waals surface area contributed by atoms with Crippen molar-refractivity contribution in [2.24, 2.45) is 0 Å². The van der Waals surface area contributed by atoms with Gasteiger partial charge in [-0.2, -0.15) is 5.26 Å². The van der Waals surface area contributed by atoms with Gasteiger partial charge < -0.3 is 9.47 Å². The molecule has 1 aromatic carbocycles. The predicted molar refractivity (Wildman–Crippen MR) is 62.7 cm³/mol. The van der Waals surface area contributed by atoms with Gasteiger partial charge in [0.15, 0.2) is 5.60 Å². The van der Waals surface area contributed by atoms with Gasteiger partial charge in [0.25, 0.3) is 0 Å². The summed E-state index contributed by atoms with van der Waals surface area (Å²) in [5, 5.41) is 8.88. The van der Waals surface area contributed by atoms with Crippen LogP contribution < -0.4 is 9.47 Å². The van der Waals surface area contributed by atoms with Crippen molar-refractivity contribution in [3.05, 3.63) is 23.8 Å². The van der Waals surface area contributed by atoms with Crippen LogP contribution in [-0.2, 0) is 6.42 Å². The topological polar surface area (TPSA) is 42.2 Å². The molecule has 86 valence electrons. The Labute approximate surface area is 96.6 Å². The lowest BCUT2D eigenvalue weighted by atomic mass is 10.1. The number of ether oxygens (including phenoxy) is 2. The number of nitrogens with zero attached hydrogens (tertiary/aromatic N) is 1. The molecule has 0 aliphatic heterocycles. The molecule has 0 amide bonds. The van der Waals surface area contributed by atoms with Crippen LogP contribution >= 0.6 is 0 Å². The third-order valence-electron chi connectivity index (χ3n) is 2.28. The fraction of sp³-hybridized carbons (Fsp3) is 0.462. The van der Waals surface area contributed by atoms with Crippen LogP contribution in [0.15, 0.2) is 18.2 Å². The first kappa shape index (κ1) is 12.4. The molecular weight excluding hydrogens is 202 g/mol. The van der Waals surface area contributed by atoms with E-state index in [0.717, 1.165) is 17.7 Å². The van der Waals surface area contributed by atoms with E-state index in [2.05, 4.69) is 13.0 Å². The summed E-state index contributed by atoms with van der Waals surface area (Å²) in [5.74, 6) is 1.45. The molecular formula is C13H17NO2. The van der Waals surface area contributed by atoms with Gasteiger partial charge in [-0.25, -0.2) is 0 Å². The molecule has 0 saturated carbocycles. The minimum absolute atomic E-state index is 0.653. The highest BCUT2D eigenvalue weighted by Crippen LogP contribution is 2.27. The Kier molecular flexibility index (Phi) is 3.78. The molecule has 0 aliphatic carbocycles. The highest BCUT2D eigenvalue weighted by atomic mass is 16.5. The van der Waals surface area contributed by atoms with Crippen LogP contribution in [0.2, 0.25) is 0 Å². The Hall–Kier alpha value is -1.69. The normalized spacial score (nSPS) is 10.7. The maximum Gasteiger partial charge on any atom is 0.188 e. The van der Waals surface area contributed by atoms with Gasteiger partial charge in [0, 0.05) is 6.07 Å². The number of nitriles is 1. The van der Waals surface area contributed by atoms with Crippen LogP contribution in [0.25, 0.3) is 0 Å². The molecule has 0 N–H and O–H groups in total. The molecule has 0 spiro atoms. The third-order valence-corrected chi connectivity index (χ3v) is 2.28. The molecule has 0 aromatic heterocycles. The van der Waals surface area contributed by atoms with Crippen LogP contribution in [-0.4, -0.2) is 12.7 Å². The lowest BCUT2D eigenvalue weighted by Crippen LogP contribution is -2.25. The molecule has 0 heterocycles. The summed E-state index contributed by atoms with van der Waals surface area (Å²) in [6, 6.07) is 7.73. The standard InChI is InChI=1S/C13H17NO2/c1-5-10-6-7-11(8-12(10)15-4)16-13(2,3)9-14/h6-8H,5H2,1-4H3. The summed E-state index contributed by atoms with van der Waals surface area (Å²) in [5.41, 5.74) is 0.309. The van der Waals surface area contributed by atoms with Crippen molar-refractivity contribution >= 4 is 0 Å². The summed E-state index contributed by atoms with van der Waals surface area (Å²) < 4.78 is 10.8. The van der Waals surface area contributed by atoms with Crippen LogP contribution in [0.3, 0.4) is 0 Å². The average molecular weight is 219 g/mol. The smallest absolute Gasteiger partial charge is 0.188 e. The van der Waals surface area contributed by atoms with Gasteiger partial charge in [-0.3, -0.25) is 0 Å². The summed E-state index contributed by atoms with van der Waals surface area (Å²) in [6.45, 7) is 5.53. The Morgan fingerprint density at radius 2 is 2.06 bits per heavy atom. The largest absolute Gasteiger partial charge is 0.496 e. The van der Waals surface area contributed by atoms with Gasteiger partial charge >= 0.3 is 0 Å². The van der Waals surface area contributed by atoms with Crippen LogP contribution in [0.5, 0.6) is 11.5 Å². The van der Waals surface area contributed by atoms with Gasteiger partial charge in [0.1, 0.15) is 17.6 Å². The van der Waals surface area contributed by atoms with E-state index in [1.54, 1.807) is 21.0 Å². The van der Waals surface area contributed by atoms with Gasteiger partial charge in [-0.15, -0.1) is 0 Å². The molecule has 0 saturated heterocycles. The summed E-state index contributed by atoms with van der Waals surface area (Å²) in [4.78, 5) is 0. The Balaban J connectivity index is 2.97. The molecule has 0 atom stereocenters. The van der Waals surface area contributed by atoms with E-state index < -0.39 is 5.60 Å². The van der Waals surface area contributed by atoms with Crippen LogP contribution in [0.4, 0.5) is 0 Å². The average Bonchev–Trinajstić information content (AvgIpc) is 2.28. The van der Waals surface area contributed by atoms with E-state index in [1.807, 2.05) is 18.2 Å². The van der Waals surface area contributed by atoms with E-state index in [0.29, 0.717) is 5.75 Å². The first-order valence-corrected chi connectivity index (χ1v) is 5.29. The van der Waals surface area contributed by atoms with Crippen molar-refractivity contribution in [1.29, 1.82) is 5.26 Å². The quantitative estimate of drug-likeness (QED) is 0.781. The SMILES string of the molecule is CCc1ccc(OC(C)(C)C#N)cc1OC. The van der Waals surface area contributed by atoms with Gasteiger partial charge in [0.05, 0.1) is 7.11 Å². The van der Waals surface area contributed by atoms with E-state index in [-0.39, 0.29) is 0 Å². The van der Waals surface area contributed by atoms with Gasteiger partial charge in [-0.1, -0.05) is 13.0 Å². The minimum Gasteiger partial charge on any atom is -0.496 e.